The smallest absolute Gasteiger partial charge is 0.338 e. The van der Waals surface area contributed by atoms with E-state index >= 15 is 0 Å². The van der Waals surface area contributed by atoms with E-state index in [9.17, 15) is 18.0 Å². The van der Waals surface area contributed by atoms with Gasteiger partial charge in [0.25, 0.3) is 0 Å². The lowest BCUT2D eigenvalue weighted by Crippen LogP contribution is -2.48. The molecule has 1 unspecified atom stereocenters. The molecule has 8 heteroatoms. The molecule has 1 fully saturated rings. The van der Waals surface area contributed by atoms with Crippen molar-refractivity contribution in [1.82, 2.24) is 4.90 Å². The Labute approximate surface area is 161 Å². The maximum atomic E-state index is 12.8. The summed E-state index contributed by atoms with van der Waals surface area (Å²) in [4.78, 5) is 26.4. The van der Waals surface area contributed by atoms with Gasteiger partial charge in [0.1, 0.15) is 6.54 Å². The standard InChI is InChI=1S/C19H28N2O5S/c1-4-16-8-6-7-13-20(16)18(22)14-21(27(3,24)25)17-11-9-15(10-12-17)19(23)26-5-2/h9-12,16H,4-8,13-14H2,1-3H3. The maximum Gasteiger partial charge on any atom is 0.338 e. The summed E-state index contributed by atoms with van der Waals surface area (Å²) in [6, 6.07) is 6.22. The molecule has 0 radical (unpaired) electrons. The van der Waals surface area contributed by atoms with Crippen LogP contribution < -0.4 is 4.31 Å². The lowest BCUT2D eigenvalue weighted by molar-refractivity contribution is -0.133. The highest BCUT2D eigenvalue weighted by molar-refractivity contribution is 7.92. The number of hydrogen-bond donors (Lipinski definition) is 0. The molecule has 0 N–H and O–H groups in total. The van der Waals surface area contributed by atoms with Gasteiger partial charge >= 0.3 is 5.97 Å². The van der Waals surface area contributed by atoms with Crippen LogP contribution in [-0.2, 0) is 19.6 Å². The predicted molar refractivity (Wildman–Crippen MR) is 104 cm³/mol. The number of likely N-dealkylation sites (tertiary alicyclic amines) is 1. The van der Waals surface area contributed by atoms with Crippen LogP contribution in [0, 0.1) is 0 Å². The zero-order chi connectivity index (χ0) is 20.0. The van der Waals surface area contributed by atoms with Crippen LogP contribution in [-0.4, -0.2) is 57.2 Å². The molecule has 2 rings (SSSR count). The van der Waals surface area contributed by atoms with Crippen molar-refractivity contribution in [2.75, 3.05) is 30.3 Å². The summed E-state index contributed by atoms with van der Waals surface area (Å²) < 4.78 is 30.6. The molecule has 0 aromatic heterocycles. The fraction of sp³-hybridized carbons (Fsp3) is 0.579. The molecule has 1 heterocycles. The van der Waals surface area contributed by atoms with Crippen molar-refractivity contribution >= 4 is 27.6 Å². The normalized spacial score (nSPS) is 17.4. The first-order chi connectivity index (χ1) is 12.8. The van der Waals surface area contributed by atoms with Crippen molar-refractivity contribution < 1.29 is 22.7 Å². The summed E-state index contributed by atoms with van der Waals surface area (Å²) in [7, 11) is -3.65. The first-order valence-corrected chi connectivity index (χ1v) is 11.2. The number of hydrogen-bond acceptors (Lipinski definition) is 5. The Morgan fingerprint density at radius 3 is 2.41 bits per heavy atom. The number of amides is 1. The number of carbonyl (C=O) groups is 2. The second kappa shape index (κ2) is 9.21. The molecule has 1 aromatic rings. The van der Waals surface area contributed by atoms with Crippen LogP contribution in [0.15, 0.2) is 24.3 Å². The van der Waals surface area contributed by atoms with Crippen LogP contribution in [0.1, 0.15) is 49.9 Å². The lowest BCUT2D eigenvalue weighted by atomic mass is 10.00. The monoisotopic (exact) mass is 396 g/mol. The number of sulfonamides is 1. The molecule has 0 spiro atoms. The SMILES string of the molecule is CCOC(=O)c1ccc(N(CC(=O)N2CCCCC2CC)S(C)(=O)=O)cc1. The third-order valence-corrected chi connectivity index (χ3v) is 5.90. The lowest BCUT2D eigenvalue weighted by Gasteiger charge is -2.36. The molecule has 27 heavy (non-hydrogen) atoms. The van der Waals surface area contributed by atoms with Gasteiger partial charge in [0, 0.05) is 12.6 Å². The van der Waals surface area contributed by atoms with Gasteiger partial charge in [-0.1, -0.05) is 6.92 Å². The third-order valence-electron chi connectivity index (χ3n) is 4.76. The van der Waals surface area contributed by atoms with Crippen molar-refractivity contribution in [3.63, 3.8) is 0 Å². The zero-order valence-electron chi connectivity index (χ0n) is 16.2. The second-order valence-electron chi connectivity index (χ2n) is 6.68. The highest BCUT2D eigenvalue weighted by atomic mass is 32.2. The quantitative estimate of drug-likeness (QED) is 0.661. The fourth-order valence-electron chi connectivity index (χ4n) is 3.35. The van der Waals surface area contributed by atoms with Crippen molar-refractivity contribution in [3.05, 3.63) is 29.8 Å². The molecule has 0 aliphatic carbocycles. The summed E-state index contributed by atoms with van der Waals surface area (Å²) in [6.45, 7) is 4.44. The van der Waals surface area contributed by atoms with Crippen LogP contribution in [0.25, 0.3) is 0 Å². The number of ether oxygens (including phenoxy) is 1. The van der Waals surface area contributed by atoms with Gasteiger partial charge in [0.05, 0.1) is 24.1 Å². The van der Waals surface area contributed by atoms with E-state index in [0.717, 1.165) is 36.2 Å². The average molecular weight is 397 g/mol. The van der Waals surface area contributed by atoms with Crippen LogP contribution in [0.3, 0.4) is 0 Å². The molecule has 150 valence electrons. The second-order valence-corrected chi connectivity index (χ2v) is 8.59. The van der Waals surface area contributed by atoms with Crippen LogP contribution in [0.5, 0.6) is 0 Å². The number of nitrogens with zero attached hydrogens (tertiary/aromatic N) is 2. The Bertz CT molecular complexity index is 761. The number of piperidine rings is 1. The van der Waals surface area contributed by atoms with Gasteiger partial charge in [-0.05, 0) is 56.9 Å². The maximum absolute atomic E-state index is 12.8. The number of rotatable bonds is 7. The summed E-state index contributed by atoms with van der Waals surface area (Å²) in [5, 5.41) is 0. The van der Waals surface area contributed by atoms with E-state index < -0.39 is 16.0 Å². The molecule has 1 atom stereocenters. The van der Waals surface area contributed by atoms with Gasteiger partial charge in [-0.2, -0.15) is 0 Å². The van der Waals surface area contributed by atoms with E-state index in [4.69, 9.17) is 4.74 Å². The van der Waals surface area contributed by atoms with Crippen molar-refractivity contribution in [2.45, 2.75) is 45.6 Å². The van der Waals surface area contributed by atoms with E-state index in [-0.39, 0.29) is 25.1 Å². The molecule has 1 aliphatic rings. The topological polar surface area (TPSA) is 84.0 Å². The van der Waals surface area contributed by atoms with E-state index in [1.165, 1.54) is 24.3 Å². The summed E-state index contributed by atoms with van der Waals surface area (Å²) in [5.41, 5.74) is 0.686. The fourth-order valence-corrected chi connectivity index (χ4v) is 4.19. The molecule has 1 saturated heterocycles. The number of carbonyl (C=O) groups excluding carboxylic acids is 2. The third kappa shape index (κ3) is 5.45. The average Bonchev–Trinajstić information content (AvgIpc) is 2.65. The molecule has 0 bridgehead atoms. The van der Waals surface area contributed by atoms with E-state index in [1.54, 1.807) is 11.8 Å². The van der Waals surface area contributed by atoms with Crippen LogP contribution >= 0.6 is 0 Å². The predicted octanol–water partition coefficient (Wildman–Crippen LogP) is 2.42. The van der Waals surface area contributed by atoms with Crippen molar-refractivity contribution in [1.29, 1.82) is 0 Å². The van der Waals surface area contributed by atoms with Gasteiger partial charge < -0.3 is 9.64 Å². The molecule has 1 amide bonds. The Morgan fingerprint density at radius 2 is 1.85 bits per heavy atom. The molecular weight excluding hydrogens is 368 g/mol. The van der Waals surface area contributed by atoms with Crippen molar-refractivity contribution in [2.24, 2.45) is 0 Å². The van der Waals surface area contributed by atoms with Gasteiger partial charge in [-0.15, -0.1) is 0 Å². The Morgan fingerprint density at radius 1 is 1.19 bits per heavy atom. The highest BCUT2D eigenvalue weighted by Gasteiger charge is 2.29. The summed E-state index contributed by atoms with van der Waals surface area (Å²) in [6.07, 6.45) is 4.92. The minimum absolute atomic E-state index is 0.166. The van der Waals surface area contributed by atoms with E-state index in [1.807, 2.05) is 6.92 Å². The highest BCUT2D eigenvalue weighted by Crippen LogP contribution is 2.23. The Balaban J connectivity index is 2.21. The summed E-state index contributed by atoms with van der Waals surface area (Å²) >= 11 is 0. The zero-order valence-corrected chi connectivity index (χ0v) is 17.0. The first kappa shape index (κ1) is 21.2. The number of esters is 1. The molecular formula is C19H28N2O5S. The molecule has 0 saturated carbocycles. The van der Waals surface area contributed by atoms with Crippen LogP contribution in [0.4, 0.5) is 5.69 Å². The Kier molecular flexibility index (Phi) is 7.24. The minimum Gasteiger partial charge on any atom is -0.462 e. The number of benzene rings is 1. The van der Waals surface area contributed by atoms with Gasteiger partial charge in [0.2, 0.25) is 15.9 Å². The molecule has 7 nitrogen and oxygen atoms in total. The number of anilines is 1. The van der Waals surface area contributed by atoms with E-state index in [2.05, 4.69) is 0 Å². The largest absolute Gasteiger partial charge is 0.462 e. The molecule has 1 aliphatic heterocycles. The summed E-state index contributed by atoms with van der Waals surface area (Å²) in [5.74, 6) is -0.661. The van der Waals surface area contributed by atoms with Gasteiger partial charge in [-0.3, -0.25) is 9.10 Å². The van der Waals surface area contributed by atoms with Gasteiger partial charge in [-0.25, -0.2) is 13.2 Å². The van der Waals surface area contributed by atoms with Crippen molar-refractivity contribution in [3.8, 4) is 0 Å². The van der Waals surface area contributed by atoms with Crippen LogP contribution in [0.2, 0.25) is 0 Å². The van der Waals surface area contributed by atoms with Gasteiger partial charge in [0.15, 0.2) is 0 Å². The minimum atomic E-state index is -3.65. The first-order valence-electron chi connectivity index (χ1n) is 9.32. The molecule has 1 aromatic carbocycles. The Hall–Kier alpha value is -2.09. The van der Waals surface area contributed by atoms with E-state index in [0.29, 0.717) is 17.8 Å².